The van der Waals surface area contributed by atoms with Crippen LogP contribution in [0.3, 0.4) is 0 Å². The average Bonchev–Trinajstić information content (AvgIpc) is 2.84. The molecule has 0 unspecified atom stereocenters. The minimum Gasteiger partial charge on any atom is -0.268 e. The fourth-order valence-electron chi connectivity index (χ4n) is 1.71. The van der Waals surface area contributed by atoms with Crippen LogP contribution >= 0.6 is 0 Å². The SMILES string of the molecule is CCS(=O)(=O)Nc1ccnn1CCc1ccccc1. The quantitative estimate of drug-likeness (QED) is 0.878. The van der Waals surface area contributed by atoms with Crippen LogP contribution < -0.4 is 4.72 Å². The van der Waals surface area contributed by atoms with Crippen molar-refractivity contribution in [3.63, 3.8) is 0 Å². The molecule has 0 aliphatic rings. The summed E-state index contributed by atoms with van der Waals surface area (Å²) in [6.07, 6.45) is 2.40. The Hall–Kier alpha value is -1.82. The Balaban J connectivity index is 2.04. The summed E-state index contributed by atoms with van der Waals surface area (Å²) < 4.78 is 27.3. The van der Waals surface area contributed by atoms with Crippen molar-refractivity contribution in [1.82, 2.24) is 9.78 Å². The summed E-state index contributed by atoms with van der Waals surface area (Å²) in [6.45, 7) is 2.24. The van der Waals surface area contributed by atoms with Gasteiger partial charge in [0, 0.05) is 12.6 Å². The van der Waals surface area contributed by atoms with Crippen LogP contribution in [0.2, 0.25) is 0 Å². The molecule has 0 amide bonds. The molecule has 102 valence electrons. The van der Waals surface area contributed by atoms with Gasteiger partial charge in [-0.1, -0.05) is 30.3 Å². The van der Waals surface area contributed by atoms with Gasteiger partial charge in [-0.2, -0.15) is 5.10 Å². The molecule has 0 radical (unpaired) electrons. The van der Waals surface area contributed by atoms with Crippen molar-refractivity contribution in [3.8, 4) is 0 Å². The molecule has 1 N–H and O–H groups in total. The molecule has 0 saturated heterocycles. The van der Waals surface area contributed by atoms with Gasteiger partial charge in [0.05, 0.1) is 11.9 Å². The number of hydrogen-bond donors (Lipinski definition) is 1. The Bertz CT molecular complexity index is 620. The van der Waals surface area contributed by atoms with Gasteiger partial charge in [0.1, 0.15) is 5.82 Å². The van der Waals surface area contributed by atoms with Gasteiger partial charge in [0.2, 0.25) is 10.0 Å². The lowest BCUT2D eigenvalue weighted by atomic mass is 10.1. The normalized spacial score (nSPS) is 11.4. The van der Waals surface area contributed by atoms with Crippen LogP contribution in [0, 0.1) is 0 Å². The molecule has 19 heavy (non-hydrogen) atoms. The molecule has 0 atom stereocenters. The molecule has 1 aromatic carbocycles. The third-order valence-corrected chi connectivity index (χ3v) is 4.09. The number of nitrogens with one attached hydrogen (secondary N) is 1. The summed E-state index contributed by atoms with van der Waals surface area (Å²) in [4.78, 5) is 0. The predicted octanol–water partition coefficient (Wildman–Crippen LogP) is 1.89. The smallest absolute Gasteiger partial charge is 0.233 e. The number of rotatable bonds is 6. The Morgan fingerprint density at radius 1 is 1.21 bits per heavy atom. The number of anilines is 1. The largest absolute Gasteiger partial charge is 0.268 e. The number of aromatic nitrogens is 2. The zero-order valence-corrected chi connectivity index (χ0v) is 11.6. The summed E-state index contributed by atoms with van der Waals surface area (Å²) in [5.74, 6) is 0.564. The Morgan fingerprint density at radius 3 is 2.63 bits per heavy atom. The number of nitrogens with zero attached hydrogens (tertiary/aromatic N) is 2. The van der Waals surface area contributed by atoms with E-state index in [9.17, 15) is 8.42 Å². The van der Waals surface area contributed by atoms with E-state index in [2.05, 4.69) is 9.82 Å². The molecule has 5 nitrogen and oxygen atoms in total. The van der Waals surface area contributed by atoms with Crippen molar-refractivity contribution in [2.24, 2.45) is 0 Å². The van der Waals surface area contributed by atoms with Crippen LogP contribution in [0.1, 0.15) is 12.5 Å². The van der Waals surface area contributed by atoms with Gasteiger partial charge < -0.3 is 0 Å². The minimum atomic E-state index is -3.26. The fourth-order valence-corrected chi connectivity index (χ4v) is 2.35. The highest BCUT2D eigenvalue weighted by atomic mass is 32.2. The number of aryl methyl sites for hydroxylation is 2. The van der Waals surface area contributed by atoms with E-state index in [4.69, 9.17) is 0 Å². The standard InChI is InChI=1S/C13H17N3O2S/c1-2-19(17,18)15-13-8-10-14-16(13)11-9-12-6-4-3-5-7-12/h3-8,10,15H,2,9,11H2,1H3. The molecule has 0 aliphatic carbocycles. The molecular weight excluding hydrogens is 262 g/mol. The van der Waals surface area contributed by atoms with Crippen LogP contribution in [0.5, 0.6) is 0 Å². The molecule has 2 rings (SSSR count). The molecule has 1 aromatic heterocycles. The second-order valence-corrected chi connectivity index (χ2v) is 6.19. The number of sulfonamides is 1. The van der Waals surface area contributed by atoms with E-state index in [0.717, 1.165) is 6.42 Å². The highest BCUT2D eigenvalue weighted by Crippen LogP contribution is 2.10. The van der Waals surface area contributed by atoms with Crippen LogP contribution in [-0.2, 0) is 23.0 Å². The van der Waals surface area contributed by atoms with E-state index in [1.807, 2.05) is 30.3 Å². The van der Waals surface area contributed by atoms with E-state index >= 15 is 0 Å². The molecule has 0 spiro atoms. The van der Waals surface area contributed by atoms with Crippen molar-refractivity contribution >= 4 is 15.8 Å². The lowest BCUT2D eigenvalue weighted by Gasteiger charge is -2.09. The first-order chi connectivity index (χ1) is 9.11. The van der Waals surface area contributed by atoms with E-state index in [1.54, 1.807) is 23.9 Å². The maximum absolute atomic E-state index is 11.5. The van der Waals surface area contributed by atoms with Gasteiger partial charge >= 0.3 is 0 Å². The topological polar surface area (TPSA) is 64.0 Å². The second-order valence-electron chi connectivity index (χ2n) is 4.18. The lowest BCUT2D eigenvalue weighted by molar-refractivity contribution is 0.597. The number of benzene rings is 1. The lowest BCUT2D eigenvalue weighted by Crippen LogP contribution is -2.18. The third-order valence-electron chi connectivity index (χ3n) is 2.81. The van der Waals surface area contributed by atoms with Crippen LogP contribution in [-0.4, -0.2) is 24.0 Å². The summed E-state index contributed by atoms with van der Waals surface area (Å²) in [5.41, 5.74) is 1.20. The summed E-state index contributed by atoms with van der Waals surface area (Å²) in [6, 6.07) is 11.7. The highest BCUT2D eigenvalue weighted by molar-refractivity contribution is 7.92. The Kier molecular flexibility index (Phi) is 4.21. The predicted molar refractivity (Wildman–Crippen MR) is 75.5 cm³/mol. The molecule has 0 aliphatic heterocycles. The van der Waals surface area contributed by atoms with Gasteiger partial charge in [-0.05, 0) is 18.9 Å². The van der Waals surface area contributed by atoms with E-state index in [1.165, 1.54) is 5.56 Å². The third kappa shape index (κ3) is 3.82. The summed E-state index contributed by atoms with van der Waals surface area (Å²) >= 11 is 0. The molecule has 1 heterocycles. The maximum Gasteiger partial charge on any atom is 0.233 e. The summed E-state index contributed by atoms with van der Waals surface area (Å²) in [7, 11) is -3.26. The first kappa shape index (κ1) is 13.6. The first-order valence-corrected chi connectivity index (χ1v) is 7.82. The number of hydrogen-bond acceptors (Lipinski definition) is 3. The molecule has 0 fully saturated rings. The molecule has 2 aromatic rings. The van der Waals surface area contributed by atoms with Crippen LogP contribution in [0.4, 0.5) is 5.82 Å². The van der Waals surface area contributed by atoms with Gasteiger partial charge in [-0.25, -0.2) is 13.1 Å². The first-order valence-electron chi connectivity index (χ1n) is 6.17. The maximum atomic E-state index is 11.5. The summed E-state index contributed by atoms with van der Waals surface area (Å²) in [5, 5.41) is 4.14. The van der Waals surface area contributed by atoms with E-state index in [-0.39, 0.29) is 5.75 Å². The highest BCUT2D eigenvalue weighted by Gasteiger charge is 2.10. The van der Waals surface area contributed by atoms with Gasteiger partial charge in [-0.15, -0.1) is 0 Å². The van der Waals surface area contributed by atoms with Crippen molar-refractivity contribution < 1.29 is 8.42 Å². The van der Waals surface area contributed by atoms with Crippen molar-refractivity contribution in [1.29, 1.82) is 0 Å². The minimum absolute atomic E-state index is 0.0524. The van der Waals surface area contributed by atoms with Crippen molar-refractivity contribution in [3.05, 3.63) is 48.2 Å². The molecule has 6 heteroatoms. The molecular formula is C13H17N3O2S. The zero-order valence-electron chi connectivity index (χ0n) is 10.8. The van der Waals surface area contributed by atoms with Crippen LogP contribution in [0.25, 0.3) is 0 Å². The zero-order chi connectivity index (χ0) is 13.7. The Morgan fingerprint density at radius 2 is 1.95 bits per heavy atom. The van der Waals surface area contributed by atoms with Gasteiger partial charge in [0.15, 0.2) is 0 Å². The fraction of sp³-hybridized carbons (Fsp3) is 0.308. The van der Waals surface area contributed by atoms with Gasteiger partial charge in [-0.3, -0.25) is 4.72 Å². The second kappa shape index (κ2) is 5.88. The van der Waals surface area contributed by atoms with Crippen LogP contribution in [0.15, 0.2) is 42.6 Å². The molecule has 0 saturated carbocycles. The average molecular weight is 279 g/mol. The Labute approximate surface area is 113 Å². The molecule has 0 bridgehead atoms. The van der Waals surface area contributed by atoms with Gasteiger partial charge in [0.25, 0.3) is 0 Å². The monoisotopic (exact) mass is 279 g/mol. The van der Waals surface area contributed by atoms with E-state index in [0.29, 0.717) is 12.4 Å². The van der Waals surface area contributed by atoms with E-state index < -0.39 is 10.0 Å². The van der Waals surface area contributed by atoms with Crippen molar-refractivity contribution in [2.45, 2.75) is 19.9 Å². The van der Waals surface area contributed by atoms with Crippen molar-refractivity contribution in [2.75, 3.05) is 10.5 Å².